The molecule has 1 aromatic heterocycles. The van der Waals surface area contributed by atoms with Crippen molar-refractivity contribution in [3.05, 3.63) is 21.4 Å². The maximum Gasteiger partial charge on any atom is 0.261 e. The summed E-state index contributed by atoms with van der Waals surface area (Å²) in [6, 6.07) is 2.00. The Bertz CT molecular complexity index is 360. The van der Waals surface area contributed by atoms with E-state index < -0.39 is 0 Å². The minimum Gasteiger partial charge on any atom is -0.347 e. The van der Waals surface area contributed by atoms with E-state index in [9.17, 15) is 4.79 Å². The van der Waals surface area contributed by atoms with Crippen molar-refractivity contribution in [2.75, 3.05) is 0 Å². The van der Waals surface area contributed by atoms with Gasteiger partial charge in [0.2, 0.25) is 0 Å². The topological polar surface area (TPSA) is 29.1 Å². The summed E-state index contributed by atoms with van der Waals surface area (Å²) in [4.78, 5) is 13.9. The lowest BCUT2D eigenvalue weighted by Gasteiger charge is -2.19. The predicted octanol–water partition coefficient (Wildman–Crippen LogP) is 3.15. The number of amides is 1. The van der Waals surface area contributed by atoms with Crippen molar-refractivity contribution in [2.45, 2.75) is 46.6 Å². The summed E-state index contributed by atoms with van der Waals surface area (Å²) >= 11 is 1.58. The largest absolute Gasteiger partial charge is 0.347 e. The fraction of sp³-hybridized carbons (Fsp3) is 0.583. The fourth-order valence-electron chi connectivity index (χ4n) is 1.38. The molecular weight excluding hydrogens is 206 g/mol. The first-order valence-electron chi connectivity index (χ1n) is 5.25. The highest BCUT2D eigenvalue weighted by atomic mass is 32.1. The molecule has 1 heterocycles. The van der Waals surface area contributed by atoms with Crippen LogP contribution >= 0.6 is 11.3 Å². The summed E-state index contributed by atoms with van der Waals surface area (Å²) in [6.45, 7) is 10.2. The molecule has 0 spiro atoms. The maximum atomic E-state index is 11.8. The van der Waals surface area contributed by atoms with E-state index in [1.54, 1.807) is 11.3 Å². The summed E-state index contributed by atoms with van der Waals surface area (Å²) < 4.78 is 0. The Labute approximate surface area is 95.7 Å². The molecule has 1 rings (SSSR count). The van der Waals surface area contributed by atoms with Gasteiger partial charge in [-0.2, -0.15) is 0 Å². The minimum atomic E-state index is -0.165. The molecule has 1 aromatic rings. The molecule has 0 aromatic carbocycles. The Hall–Kier alpha value is -0.830. The molecule has 15 heavy (non-hydrogen) atoms. The van der Waals surface area contributed by atoms with Gasteiger partial charge in [0.15, 0.2) is 0 Å². The molecule has 0 saturated heterocycles. The molecule has 0 radical (unpaired) electrons. The van der Waals surface area contributed by atoms with Gasteiger partial charge in [-0.25, -0.2) is 0 Å². The molecule has 84 valence electrons. The van der Waals surface area contributed by atoms with Crippen LogP contribution in [0.3, 0.4) is 0 Å². The maximum absolute atomic E-state index is 11.8. The second-order valence-corrected chi connectivity index (χ2v) is 6.01. The van der Waals surface area contributed by atoms with Crippen LogP contribution in [0.5, 0.6) is 0 Å². The van der Waals surface area contributed by atoms with Crippen LogP contribution < -0.4 is 5.32 Å². The van der Waals surface area contributed by atoms with Crippen molar-refractivity contribution in [3.8, 4) is 0 Å². The third kappa shape index (κ3) is 3.34. The van der Waals surface area contributed by atoms with Crippen molar-refractivity contribution in [1.82, 2.24) is 5.32 Å². The van der Waals surface area contributed by atoms with Crippen LogP contribution in [0.4, 0.5) is 0 Å². The average Bonchev–Trinajstić information content (AvgIpc) is 2.43. The molecular formula is C12H19NOS. The molecule has 0 aliphatic rings. The van der Waals surface area contributed by atoms with Crippen LogP contribution in [-0.4, -0.2) is 11.4 Å². The van der Waals surface area contributed by atoms with Crippen molar-refractivity contribution in [2.24, 2.45) is 0 Å². The molecule has 0 unspecified atom stereocenters. The lowest BCUT2D eigenvalue weighted by Crippen LogP contribution is -2.40. The van der Waals surface area contributed by atoms with Crippen molar-refractivity contribution in [3.63, 3.8) is 0 Å². The van der Waals surface area contributed by atoms with Crippen molar-refractivity contribution >= 4 is 17.2 Å². The number of aryl methyl sites for hydroxylation is 2. The van der Waals surface area contributed by atoms with Gasteiger partial charge in [-0.15, -0.1) is 11.3 Å². The molecule has 0 aliphatic carbocycles. The molecule has 0 bridgehead atoms. The van der Waals surface area contributed by atoms with Gasteiger partial charge in [0.1, 0.15) is 0 Å². The first kappa shape index (κ1) is 12.2. The fourth-order valence-corrected chi connectivity index (χ4v) is 2.39. The van der Waals surface area contributed by atoms with Crippen LogP contribution in [0, 0.1) is 6.92 Å². The quantitative estimate of drug-likeness (QED) is 0.823. The highest BCUT2D eigenvalue weighted by molar-refractivity contribution is 7.14. The second-order valence-electron chi connectivity index (χ2n) is 4.75. The van der Waals surface area contributed by atoms with Crippen LogP contribution in [0.15, 0.2) is 6.07 Å². The monoisotopic (exact) mass is 225 g/mol. The van der Waals surface area contributed by atoms with Crippen molar-refractivity contribution < 1.29 is 4.79 Å². The molecule has 0 atom stereocenters. The number of rotatable bonds is 2. The third-order valence-electron chi connectivity index (χ3n) is 2.11. The number of thiophene rings is 1. The van der Waals surface area contributed by atoms with Gasteiger partial charge in [0.25, 0.3) is 5.91 Å². The normalized spacial score (nSPS) is 11.5. The first-order chi connectivity index (χ1) is 6.83. The zero-order valence-electron chi connectivity index (χ0n) is 10.1. The second kappa shape index (κ2) is 4.35. The van der Waals surface area contributed by atoms with E-state index in [0.717, 1.165) is 11.3 Å². The van der Waals surface area contributed by atoms with Gasteiger partial charge >= 0.3 is 0 Å². The van der Waals surface area contributed by atoms with E-state index >= 15 is 0 Å². The Morgan fingerprint density at radius 2 is 2.07 bits per heavy atom. The third-order valence-corrected chi connectivity index (χ3v) is 3.21. The molecule has 0 aliphatic heterocycles. The van der Waals surface area contributed by atoms with Crippen LogP contribution in [-0.2, 0) is 6.42 Å². The number of carbonyl (C=O) groups is 1. The molecule has 3 heteroatoms. The van der Waals surface area contributed by atoms with Gasteiger partial charge in [-0.3, -0.25) is 4.79 Å². The molecule has 1 N–H and O–H groups in total. The molecule has 0 fully saturated rings. The summed E-state index contributed by atoms with van der Waals surface area (Å²) in [5.41, 5.74) is 1.11. The Balaban J connectivity index is 2.83. The number of nitrogens with one attached hydrogen (secondary N) is 1. The number of hydrogen-bond acceptors (Lipinski definition) is 2. The summed E-state index contributed by atoms with van der Waals surface area (Å²) in [7, 11) is 0. The van der Waals surface area contributed by atoms with Gasteiger partial charge < -0.3 is 5.32 Å². The summed E-state index contributed by atoms with van der Waals surface area (Å²) in [6.07, 6.45) is 0.991. The first-order valence-corrected chi connectivity index (χ1v) is 6.07. The van der Waals surface area contributed by atoms with Crippen LogP contribution in [0.1, 0.15) is 47.8 Å². The zero-order chi connectivity index (χ0) is 11.6. The molecule has 0 saturated carbocycles. The van der Waals surface area contributed by atoms with Gasteiger partial charge in [-0.1, -0.05) is 6.92 Å². The number of carbonyl (C=O) groups excluding carboxylic acids is 1. The average molecular weight is 225 g/mol. The zero-order valence-corrected chi connectivity index (χ0v) is 10.9. The smallest absolute Gasteiger partial charge is 0.261 e. The van der Waals surface area contributed by atoms with Crippen LogP contribution in [0.2, 0.25) is 0 Å². The van der Waals surface area contributed by atoms with Gasteiger partial charge in [0.05, 0.1) is 4.88 Å². The van der Waals surface area contributed by atoms with E-state index in [-0.39, 0.29) is 11.4 Å². The standard InChI is InChI=1S/C12H19NOS/c1-6-9-7-10(15-8(9)2)11(14)13-12(3,4)5/h7H,6H2,1-5H3,(H,13,14). The number of hydrogen-bond donors (Lipinski definition) is 1. The van der Waals surface area contributed by atoms with Crippen LogP contribution in [0.25, 0.3) is 0 Å². The predicted molar refractivity (Wildman–Crippen MR) is 65.7 cm³/mol. The summed E-state index contributed by atoms with van der Waals surface area (Å²) in [5, 5.41) is 2.97. The molecule has 2 nitrogen and oxygen atoms in total. The SMILES string of the molecule is CCc1cc(C(=O)NC(C)(C)C)sc1C. The van der Waals surface area contributed by atoms with E-state index in [1.165, 1.54) is 10.4 Å². The summed E-state index contributed by atoms with van der Waals surface area (Å²) in [5.74, 6) is 0.0373. The minimum absolute atomic E-state index is 0.0373. The van der Waals surface area contributed by atoms with E-state index in [4.69, 9.17) is 0 Å². The lowest BCUT2D eigenvalue weighted by atomic mass is 10.1. The van der Waals surface area contributed by atoms with Crippen molar-refractivity contribution in [1.29, 1.82) is 0 Å². The van der Waals surface area contributed by atoms with E-state index in [1.807, 2.05) is 26.8 Å². The molecule has 1 amide bonds. The van der Waals surface area contributed by atoms with Gasteiger partial charge in [0, 0.05) is 10.4 Å². The lowest BCUT2D eigenvalue weighted by molar-refractivity contribution is 0.0923. The Morgan fingerprint density at radius 1 is 1.47 bits per heavy atom. The van der Waals surface area contributed by atoms with Gasteiger partial charge in [-0.05, 0) is 45.7 Å². The Kier molecular flexibility index (Phi) is 3.55. The van der Waals surface area contributed by atoms with E-state index in [2.05, 4.69) is 19.2 Å². The highest BCUT2D eigenvalue weighted by Crippen LogP contribution is 2.22. The Morgan fingerprint density at radius 3 is 2.47 bits per heavy atom. The van der Waals surface area contributed by atoms with E-state index in [0.29, 0.717) is 0 Å². The highest BCUT2D eigenvalue weighted by Gasteiger charge is 2.17.